The van der Waals surface area contributed by atoms with Gasteiger partial charge in [0.2, 0.25) is 5.91 Å². The standard InChI is InChI=1S/C52H75NO11S2/c1-29(2)30(3)41-42(64-41)46(5,61)38-13-18-51(63)37-22-39(57)50-23-40(58)49(62,28-55)26-45(50,4)36(37)12-17-48(38,51)16-11-31-19-34(21-35(56)20-31)53-27-47(14-6-7-15-47)52(43(53)59)32(24-54)9-8-10-33(52)25-65-66-44(50)60/h19-22,29-30,32-33,36,38,40-42,44,54-56,58,60-63H,6-18,23-28H2,1-5H3. The van der Waals surface area contributed by atoms with Gasteiger partial charge in [0.25, 0.3) is 0 Å². The van der Waals surface area contributed by atoms with Gasteiger partial charge < -0.3 is 50.5 Å². The van der Waals surface area contributed by atoms with E-state index in [2.05, 4.69) is 20.8 Å². The van der Waals surface area contributed by atoms with E-state index in [-0.39, 0.29) is 61.4 Å². The SMILES string of the molecule is CC(C)C(C)C1OC1C(C)(O)C1CCC2(O)C3=CC(=O)C45CC(O)C(O)(CO)CC4(C)C3CCC12CCc1cc(O)cc(c1)N1CC2(CCCC2)C2(C1=O)C(CO)CCCC2CSSC5O. The lowest BCUT2D eigenvalue weighted by Gasteiger charge is -2.66. The molecular weight excluding hydrogens is 879 g/mol. The maximum Gasteiger partial charge on any atom is 0.234 e. The quantitative estimate of drug-likeness (QED) is 0.120. The molecule has 5 aliphatic heterocycles. The highest BCUT2D eigenvalue weighted by Crippen LogP contribution is 2.75. The second kappa shape index (κ2) is 16.2. The summed E-state index contributed by atoms with van der Waals surface area (Å²) in [5, 5.41) is 96.8. The molecule has 0 aromatic heterocycles. The van der Waals surface area contributed by atoms with E-state index in [1.807, 2.05) is 24.8 Å². The number of ketones is 1. The van der Waals surface area contributed by atoms with Crippen LogP contribution in [0.15, 0.2) is 29.8 Å². The number of aromatic hydroxyl groups is 1. The number of nitrogens with zero attached hydrogens (tertiary/aromatic N) is 1. The molecule has 11 aliphatic rings. The minimum absolute atomic E-state index is 0.0217. The molecule has 366 valence electrons. The first kappa shape index (κ1) is 47.9. The molecule has 8 N–H and O–H groups in total. The monoisotopic (exact) mass is 953 g/mol. The second-order valence-corrected chi connectivity index (χ2v) is 26.4. The third-order valence-corrected chi connectivity index (χ3v) is 23.7. The van der Waals surface area contributed by atoms with Crippen molar-refractivity contribution in [3.05, 3.63) is 35.4 Å². The number of aliphatic hydroxyl groups excluding tert-OH is 4. The van der Waals surface area contributed by atoms with Crippen molar-refractivity contribution in [2.45, 2.75) is 171 Å². The Kier molecular flexibility index (Phi) is 11.7. The molecule has 12 nitrogen and oxygen atoms in total. The van der Waals surface area contributed by atoms with Gasteiger partial charge in [-0.1, -0.05) is 68.5 Å². The Hall–Kier alpha value is -1.72. The molecule has 1 aromatic rings. The number of aliphatic hydroxyl groups is 7. The summed E-state index contributed by atoms with van der Waals surface area (Å²) in [5.41, 5.74) is -9.48. The molecule has 2 saturated heterocycles. The van der Waals surface area contributed by atoms with E-state index in [1.54, 1.807) is 18.2 Å². The summed E-state index contributed by atoms with van der Waals surface area (Å²) in [6.45, 7) is 9.78. The first-order chi connectivity index (χ1) is 31.2. The van der Waals surface area contributed by atoms with E-state index >= 15 is 9.59 Å². The zero-order chi connectivity index (χ0) is 47.2. The van der Waals surface area contributed by atoms with Crippen molar-refractivity contribution in [3.63, 3.8) is 0 Å². The fourth-order valence-electron chi connectivity index (χ4n) is 17.5. The Morgan fingerprint density at radius 2 is 1.70 bits per heavy atom. The zero-order valence-corrected chi connectivity index (χ0v) is 41.2. The van der Waals surface area contributed by atoms with Gasteiger partial charge >= 0.3 is 0 Å². The molecule has 8 bridgehead atoms. The highest BCUT2D eigenvalue weighted by Gasteiger charge is 2.77. The van der Waals surface area contributed by atoms with Crippen LogP contribution in [0.2, 0.25) is 0 Å². The van der Waals surface area contributed by atoms with Gasteiger partial charge in [-0.15, -0.1) is 0 Å². The summed E-state index contributed by atoms with van der Waals surface area (Å²) in [6.07, 6.45) is 7.27. The number of epoxide rings is 1. The molecule has 1 amide bonds. The summed E-state index contributed by atoms with van der Waals surface area (Å²) in [7, 11) is 2.60. The highest BCUT2D eigenvalue weighted by atomic mass is 33.1. The van der Waals surface area contributed by atoms with Crippen LogP contribution in [0.3, 0.4) is 0 Å². The van der Waals surface area contributed by atoms with Crippen molar-refractivity contribution in [2.24, 2.45) is 62.6 Å². The maximum absolute atomic E-state index is 15.7. The number of hydrogen-bond donors (Lipinski definition) is 8. The van der Waals surface area contributed by atoms with Crippen LogP contribution in [-0.2, 0) is 20.7 Å². The third-order valence-electron chi connectivity index (χ3n) is 21.1. The third kappa shape index (κ3) is 6.26. The van der Waals surface area contributed by atoms with Gasteiger partial charge in [-0.3, -0.25) is 9.59 Å². The van der Waals surface area contributed by atoms with Crippen molar-refractivity contribution in [2.75, 3.05) is 30.4 Å². The van der Waals surface area contributed by atoms with Crippen LogP contribution in [-0.4, -0.2) is 119 Å². The summed E-state index contributed by atoms with van der Waals surface area (Å²) >= 11 is 0. The summed E-state index contributed by atoms with van der Waals surface area (Å²) in [5.74, 6) is -0.854. The van der Waals surface area contributed by atoms with Crippen molar-refractivity contribution in [3.8, 4) is 5.75 Å². The molecule has 16 atom stereocenters. The van der Waals surface area contributed by atoms with Crippen LogP contribution < -0.4 is 4.90 Å². The van der Waals surface area contributed by atoms with Crippen molar-refractivity contribution in [1.82, 2.24) is 0 Å². The largest absolute Gasteiger partial charge is 0.508 e. The average Bonchev–Trinajstić information content (AvgIpc) is 3.75. The smallest absolute Gasteiger partial charge is 0.234 e. The molecule has 1 aromatic carbocycles. The van der Waals surface area contributed by atoms with Crippen LogP contribution in [0.5, 0.6) is 5.75 Å². The predicted molar refractivity (Wildman–Crippen MR) is 253 cm³/mol. The zero-order valence-electron chi connectivity index (χ0n) is 39.6. The molecule has 7 fully saturated rings. The average molecular weight is 954 g/mol. The molecular formula is C52H75NO11S2. The maximum atomic E-state index is 15.7. The number of aryl methyl sites for hydroxylation is 1. The summed E-state index contributed by atoms with van der Waals surface area (Å²) in [4.78, 5) is 33.1. The molecule has 0 radical (unpaired) electrons. The van der Waals surface area contributed by atoms with E-state index in [4.69, 9.17) is 4.74 Å². The molecule has 4 spiro atoms. The van der Waals surface area contributed by atoms with Gasteiger partial charge in [-0.05, 0) is 154 Å². The van der Waals surface area contributed by atoms with Crippen LogP contribution >= 0.6 is 21.6 Å². The van der Waals surface area contributed by atoms with Crippen molar-refractivity contribution >= 4 is 39.0 Å². The lowest BCUT2D eigenvalue weighted by molar-refractivity contribution is -0.231. The topological polar surface area (TPSA) is 212 Å². The number of carbonyl (C=O) groups excluding carboxylic acids is 2. The Balaban J connectivity index is 1.15. The number of allylic oxidation sites excluding steroid dienone is 1. The fourth-order valence-corrected chi connectivity index (χ4v) is 20.5. The van der Waals surface area contributed by atoms with Crippen LogP contribution in [0.25, 0.3) is 0 Å². The molecule has 66 heavy (non-hydrogen) atoms. The number of phenolic OH excluding ortho intramolecular Hbond substituents is 1. The van der Waals surface area contributed by atoms with E-state index in [0.717, 1.165) is 50.5 Å². The van der Waals surface area contributed by atoms with Crippen LogP contribution in [0, 0.1) is 62.6 Å². The van der Waals surface area contributed by atoms with E-state index in [0.29, 0.717) is 61.6 Å². The Morgan fingerprint density at radius 3 is 2.39 bits per heavy atom. The van der Waals surface area contributed by atoms with Crippen LogP contribution in [0.4, 0.5) is 5.69 Å². The number of ether oxygens (including phenoxy) is 1. The minimum Gasteiger partial charge on any atom is -0.508 e. The first-order valence-corrected chi connectivity index (χ1v) is 27.6. The number of fused-ring (bicyclic) bond motifs is 2. The number of phenols is 1. The Labute approximate surface area is 398 Å². The predicted octanol–water partition coefficient (Wildman–Crippen LogP) is 6.07. The Morgan fingerprint density at radius 1 is 0.955 bits per heavy atom. The van der Waals surface area contributed by atoms with Gasteiger partial charge in [-0.25, -0.2) is 0 Å². The van der Waals surface area contributed by atoms with E-state index in [1.165, 1.54) is 21.6 Å². The number of hydrogen-bond acceptors (Lipinski definition) is 13. The van der Waals surface area contributed by atoms with Gasteiger partial charge in [0.15, 0.2) is 5.78 Å². The number of amides is 1. The van der Waals surface area contributed by atoms with Crippen molar-refractivity contribution in [1.29, 1.82) is 0 Å². The molecule has 16 unspecified atom stereocenters. The van der Waals surface area contributed by atoms with Gasteiger partial charge in [0.1, 0.15) is 22.9 Å². The lowest BCUT2D eigenvalue weighted by Crippen LogP contribution is -2.71. The number of benzene rings is 1. The number of anilines is 1. The molecule has 14 heteroatoms. The van der Waals surface area contributed by atoms with E-state index < -0.39 is 85.7 Å². The minimum atomic E-state index is -1.97. The molecule has 12 rings (SSSR count). The second-order valence-electron chi connectivity index (χ2n) is 23.9. The summed E-state index contributed by atoms with van der Waals surface area (Å²) < 4.78 is 6.37. The number of carbonyl (C=O) groups is 2. The molecule has 6 aliphatic carbocycles. The normalized spacial score (nSPS) is 46.6. The lowest BCUT2D eigenvalue weighted by atomic mass is 9.39. The van der Waals surface area contributed by atoms with Gasteiger partial charge in [0, 0.05) is 41.5 Å². The first-order valence-electron chi connectivity index (χ1n) is 25.3. The van der Waals surface area contributed by atoms with Gasteiger partial charge in [-0.2, -0.15) is 0 Å². The fraction of sp³-hybridized carbons (Fsp3) is 0.808. The Bertz CT molecular complexity index is 2150. The molecule has 5 saturated carbocycles. The summed E-state index contributed by atoms with van der Waals surface area (Å²) in [6, 6.07) is 5.43. The van der Waals surface area contributed by atoms with Gasteiger partial charge in [0.05, 0.1) is 40.8 Å². The number of rotatable bonds is 6. The highest BCUT2D eigenvalue weighted by molar-refractivity contribution is 8.76. The van der Waals surface area contributed by atoms with Crippen LogP contribution in [0.1, 0.15) is 130 Å². The van der Waals surface area contributed by atoms with Crippen molar-refractivity contribution < 1.29 is 55.2 Å². The molecule has 5 heterocycles. The van der Waals surface area contributed by atoms with E-state index in [9.17, 15) is 40.9 Å².